The van der Waals surface area contributed by atoms with Crippen molar-refractivity contribution >= 4 is 35.9 Å². The number of anilines is 1. The number of rotatable bonds is 8. The largest absolute Gasteiger partial charge is 0.397 e. The number of nitrogens with two attached hydrogens (primary N) is 1. The van der Waals surface area contributed by atoms with Crippen LogP contribution in [0.3, 0.4) is 0 Å². The number of nitrogen functional groups attached to an aromatic ring is 1. The molecule has 0 bridgehead atoms. The van der Waals surface area contributed by atoms with Crippen LogP contribution in [0.2, 0.25) is 0 Å². The van der Waals surface area contributed by atoms with Gasteiger partial charge in [0.1, 0.15) is 5.83 Å². The molecule has 0 aliphatic carbocycles. The Balaban J connectivity index is 1.53. The molecular formula is C20H25BFN5OS. The number of aromatic nitrogens is 2. The predicted octanol–water partition coefficient (Wildman–Crippen LogP) is 1.43. The van der Waals surface area contributed by atoms with Gasteiger partial charge >= 0.3 is 0 Å². The number of hydrogen-bond acceptors (Lipinski definition) is 6. The van der Waals surface area contributed by atoms with Gasteiger partial charge in [0.25, 0.3) is 5.56 Å². The lowest BCUT2D eigenvalue weighted by Crippen LogP contribution is -2.43. The second-order valence-electron chi connectivity index (χ2n) is 7.06. The average Bonchev–Trinajstić information content (AvgIpc) is 3.14. The molecule has 152 valence electrons. The van der Waals surface area contributed by atoms with E-state index in [1.807, 2.05) is 6.20 Å². The van der Waals surface area contributed by atoms with E-state index in [2.05, 4.69) is 21.8 Å². The van der Waals surface area contributed by atoms with E-state index >= 15 is 0 Å². The van der Waals surface area contributed by atoms with Gasteiger partial charge in [0, 0.05) is 47.7 Å². The quantitative estimate of drug-likeness (QED) is 0.506. The molecule has 2 aromatic rings. The van der Waals surface area contributed by atoms with Gasteiger partial charge in [0.2, 0.25) is 0 Å². The maximum atomic E-state index is 13.7. The minimum absolute atomic E-state index is 0.192. The first kappa shape index (κ1) is 21.5. The fourth-order valence-electron chi connectivity index (χ4n) is 3.44. The Morgan fingerprint density at radius 1 is 1.41 bits per heavy atom. The summed E-state index contributed by atoms with van der Waals surface area (Å²) >= 11 is 1.51. The van der Waals surface area contributed by atoms with Gasteiger partial charge in [-0.15, -0.1) is 11.3 Å². The van der Waals surface area contributed by atoms with Crippen molar-refractivity contribution in [2.24, 2.45) is 0 Å². The lowest BCUT2D eigenvalue weighted by atomic mass is 10.1. The van der Waals surface area contributed by atoms with Gasteiger partial charge in [-0.3, -0.25) is 9.78 Å². The summed E-state index contributed by atoms with van der Waals surface area (Å²) in [7, 11) is 5.66. The highest BCUT2D eigenvalue weighted by molar-refractivity contribution is 7.19. The van der Waals surface area contributed by atoms with Gasteiger partial charge in [0.05, 0.1) is 11.4 Å². The van der Waals surface area contributed by atoms with E-state index in [1.54, 1.807) is 0 Å². The maximum absolute atomic E-state index is 13.7. The third-order valence-electron chi connectivity index (χ3n) is 5.09. The van der Waals surface area contributed by atoms with Crippen LogP contribution in [0.25, 0.3) is 6.08 Å². The maximum Gasteiger partial charge on any atom is 0.251 e. The molecule has 2 radical (unpaired) electrons. The lowest BCUT2D eigenvalue weighted by molar-refractivity contribution is 0.190. The number of hydrogen-bond donors (Lipinski definition) is 2. The van der Waals surface area contributed by atoms with E-state index < -0.39 is 5.83 Å². The molecule has 1 fully saturated rings. The molecule has 9 heteroatoms. The minimum Gasteiger partial charge on any atom is -0.397 e. The van der Waals surface area contributed by atoms with Crippen LogP contribution in [0, 0.1) is 0 Å². The van der Waals surface area contributed by atoms with Crippen molar-refractivity contribution in [3.8, 4) is 0 Å². The molecule has 0 aromatic carbocycles. The summed E-state index contributed by atoms with van der Waals surface area (Å²) in [5.74, 6) is -0.523. The van der Waals surface area contributed by atoms with Gasteiger partial charge in [-0.25, -0.2) is 4.39 Å². The van der Waals surface area contributed by atoms with Crippen LogP contribution in [0.1, 0.15) is 23.4 Å². The first-order chi connectivity index (χ1) is 14.0. The van der Waals surface area contributed by atoms with Crippen LogP contribution in [0.4, 0.5) is 10.1 Å². The van der Waals surface area contributed by atoms with E-state index in [1.165, 1.54) is 34.1 Å². The van der Waals surface area contributed by atoms with Gasteiger partial charge in [-0.1, -0.05) is 6.58 Å². The van der Waals surface area contributed by atoms with E-state index in [-0.39, 0.29) is 5.56 Å². The fraction of sp³-hybridized carbons (Fsp3) is 0.400. The smallest absolute Gasteiger partial charge is 0.251 e. The van der Waals surface area contributed by atoms with Crippen LogP contribution in [-0.4, -0.2) is 48.0 Å². The molecular weight excluding hydrogens is 388 g/mol. The van der Waals surface area contributed by atoms with Gasteiger partial charge in [-0.05, 0) is 44.1 Å². The molecule has 2 aromatic heterocycles. The highest BCUT2D eigenvalue weighted by Gasteiger charge is 2.19. The number of likely N-dealkylation sites (tertiary alicyclic amines) is 1. The molecule has 3 heterocycles. The van der Waals surface area contributed by atoms with E-state index in [0.717, 1.165) is 43.4 Å². The summed E-state index contributed by atoms with van der Waals surface area (Å²) < 4.78 is 15.2. The first-order valence-corrected chi connectivity index (χ1v) is 10.4. The number of nitrogens with zero attached hydrogens (tertiary/aromatic N) is 3. The third kappa shape index (κ3) is 5.88. The Kier molecular flexibility index (Phi) is 7.41. The highest BCUT2D eigenvalue weighted by Crippen LogP contribution is 2.16. The van der Waals surface area contributed by atoms with Crippen molar-refractivity contribution in [1.29, 1.82) is 0 Å². The van der Waals surface area contributed by atoms with Crippen molar-refractivity contribution in [3.63, 3.8) is 0 Å². The number of nitrogens with one attached hydrogen (secondary N) is 1. The SMILES string of the molecule is [B]c1ncc(CNC2CCN(CCn3c(/C=C(/F)C=C)c(N)ccc3=O)CC2)s1. The lowest BCUT2D eigenvalue weighted by Gasteiger charge is -2.32. The molecule has 1 aliphatic heterocycles. The molecule has 3 rings (SSSR count). The minimum atomic E-state index is -0.523. The second-order valence-corrected chi connectivity index (χ2v) is 8.21. The summed E-state index contributed by atoms with van der Waals surface area (Å²) in [5, 5.41) is 3.56. The zero-order chi connectivity index (χ0) is 20.8. The molecule has 0 spiro atoms. The average molecular weight is 413 g/mol. The Hall–Kier alpha value is -2.23. The van der Waals surface area contributed by atoms with E-state index in [9.17, 15) is 9.18 Å². The second kappa shape index (κ2) is 10.0. The van der Waals surface area contributed by atoms with Gasteiger partial charge < -0.3 is 20.5 Å². The van der Waals surface area contributed by atoms with Gasteiger partial charge in [-0.2, -0.15) is 0 Å². The number of piperidine rings is 1. The zero-order valence-corrected chi connectivity index (χ0v) is 17.1. The normalized spacial score (nSPS) is 16.2. The van der Waals surface area contributed by atoms with Crippen molar-refractivity contribution in [2.45, 2.75) is 32.0 Å². The number of thiazole rings is 1. The Labute approximate surface area is 175 Å². The van der Waals surface area contributed by atoms with Crippen LogP contribution in [-0.2, 0) is 13.1 Å². The molecule has 6 nitrogen and oxygen atoms in total. The molecule has 1 aliphatic rings. The molecule has 0 unspecified atom stereocenters. The monoisotopic (exact) mass is 413 g/mol. The summed E-state index contributed by atoms with van der Waals surface area (Å²) in [6, 6.07) is 3.38. The molecule has 0 atom stereocenters. The molecule has 0 saturated carbocycles. The van der Waals surface area contributed by atoms with Crippen molar-refractivity contribution in [2.75, 3.05) is 25.4 Å². The summed E-state index contributed by atoms with van der Waals surface area (Å²) in [4.78, 5) is 20.4. The Morgan fingerprint density at radius 3 is 2.83 bits per heavy atom. The van der Waals surface area contributed by atoms with Crippen LogP contribution < -0.4 is 21.5 Å². The zero-order valence-electron chi connectivity index (χ0n) is 16.3. The standard InChI is InChI=1S/C20H25BFN5OS/c1-2-14(22)11-18-17(23)3-4-19(28)27(18)10-9-26-7-5-15(6-8-26)24-12-16-13-25-20(21)29-16/h2-4,11,13,15,24H,1,5-10,12,23H2/b14-11+. The topological polar surface area (TPSA) is 76.2 Å². The summed E-state index contributed by atoms with van der Waals surface area (Å²) in [6.07, 6.45) is 6.22. The first-order valence-electron chi connectivity index (χ1n) is 9.61. The summed E-state index contributed by atoms with van der Waals surface area (Å²) in [6.45, 7) is 7.22. The van der Waals surface area contributed by atoms with Crippen molar-refractivity contribution in [1.82, 2.24) is 19.8 Å². The Morgan fingerprint density at radius 2 is 2.17 bits per heavy atom. The van der Waals surface area contributed by atoms with Gasteiger partial charge in [0.15, 0.2) is 7.85 Å². The number of halogens is 1. The highest BCUT2D eigenvalue weighted by atomic mass is 32.1. The van der Waals surface area contributed by atoms with Crippen LogP contribution in [0.5, 0.6) is 0 Å². The van der Waals surface area contributed by atoms with E-state index in [4.69, 9.17) is 13.6 Å². The Bertz CT molecular complexity index is 933. The van der Waals surface area contributed by atoms with Crippen molar-refractivity contribution in [3.05, 3.63) is 57.7 Å². The van der Waals surface area contributed by atoms with Crippen LogP contribution in [0.15, 0.2) is 41.6 Å². The third-order valence-corrected chi connectivity index (χ3v) is 5.92. The number of allylic oxidation sites excluding steroid dienone is 2. The number of pyridine rings is 1. The molecule has 0 amide bonds. The molecule has 29 heavy (non-hydrogen) atoms. The predicted molar refractivity (Wildman–Crippen MR) is 118 cm³/mol. The van der Waals surface area contributed by atoms with Crippen LogP contribution >= 0.6 is 11.3 Å². The molecule has 3 N–H and O–H groups in total. The molecule has 1 saturated heterocycles. The van der Waals surface area contributed by atoms with E-state index in [0.29, 0.717) is 35.4 Å². The fourth-order valence-corrected chi connectivity index (χ4v) is 4.08. The van der Waals surface area contributed by atoms with Crippen molar-refractivity contribution < 1.29 is 4.39 Å². The summed E-state index contributed by atoms with van der Waals surface area (Å²) in [5.41, 5.74) is 6.53.